The van der Waals surface area contributed by atoms with Crippen molar-refractivity contribution in [3.8, 4) is 0 Å². The van der Waals surface area contributed by atoms with Gasteiger partial charge in [0.05, 0.1) is 0 Å². The summed E-state index contributed by atoms with van der Waals surface area (Å²) in [6.07, 6.45) is 2.28. The number of β-amino-alcohol motifs (C(OH)–C–C–N with tert-alkyl or cyclic N) is 1. The minimum absolute atomic E-state index is 0.0552. The number of aliphatic hydroxyl groups is 1. The van der Waals surface area contributed by atoms with Gasteiger partial charge in [0.1, 0.15) is 11.6 Å². The Kier molecular flexibility index (Phi) is 4.56. The van der Waals surface area contributed by atoms with Crippen molar-refractivity contribution in [1.29, 1.82) is 0 Å². The van der Waals surface area contributed by atoms with Gasteiger partial charge in [-0.2, -0.15) is 13.2 Å². The van der Waals surface area contributed by atoms with Gasteiger partial charge < -0.3 is 5.11 Å². The van der Waals surface area contributed by atoms with Crippen LogP contribution in [0.4, 0.5) is 13.2 Å². The summed E-state index contributed by atoms with van der Waals surface area (Å²) in [5.41, 5.74) is -0.701. The molecule has 2 aromatic rings. The molecule has 7 heteroatoms. The predicted molar refractivity (Wildman–Crippen MR) is 82.1 cm³/mol. The normalized spacial score (nSPS) is 19.6. The number of nitrogens with zero attached hydrogens (tertiary/aromatic N) is 3. The second-order valence-corrected chi connectivity index (χ2v) is 6.01. The lowest BCUT2D eigenvalue weighted by molar-refractivity contribution is -0.180. The van der Waals surface area contributed by atoms with Crippen LogP contribution >= 0.6 is 0 Å². The third kappa shape index (κ3) is 3.27. The van der Waals surface area contributed by atoms with Crippen LogP contribution < -0.4 is 0 Å². The van der Waals surface area contributed by atoms with Crippen molar-refractivity contribution in [1.82, 2.24) is 14.9 Å². The van der Waals surface area contributed by atoms with E-state index >= 15 is 0 Å². The van der Waals surface area contributed by atoms with E-state index in [9.17, 15) is 18.3 Å². The quantitative estimate of drug-likeness (QED) is 0.932. The average molecular weight is 337 g/mol. The van der Waals surface area contributed by atoms with E-state index in [0.29, 0.717) is 24.1 Å². The van der Waals surface area contributed by atoms with Gasteiger partial charge in [0, 0.05) is 42.5 Å². The number of hydrogen-bond acceptors (Lipinski definition) is 4. The van der Waals surface area contributed by atoms with Crippen LogP contribution in [0.5, 0.6) is 0 Å². The Morgan fingerprint density at radius 3 is 2.12 bits per heavy atom. The van der Waals surface area contributed by atoms with Crippen molar-refractivity contribution in [2.75, 3.05) is 13.1 Å². The van der Waals surface area contributed by atoms with E-state index in [1.165, 1.54) is 17.3 Å². The van der Waals surface area contributed by atoms with Gasteiger partial charge in [0.15, 0.2) is 0 Å². The maximum absolute atomic E-state index is 13.2. The molecule has 1 fully saturated rings. The Bertz CT molecular complexity index is 624. The lowest BCUT2D eigenvalue weighted by Crippen LogP contribution is -2.48. The van der Waals surface area contributed by atoms with E-state index in [4.69, 9.17) is 0 Å². The Labute approximate surface area is 138 Å². The van der Waals surface area contributed by atoms with Gasteiger partial charge in [-0.3, -0.25) is 14.9 Å². The first kappa shape index (κ1) is 16.9. The Morgan fingerprint density at radius 2 is 1.67 bits per heavy atom. The van der Waals surface area contributed by atoms with Gasteiger partial charge in [-0.05, 0) is 31.5 Å². The number of halogens is 3. The van der Waals surface area contributed by atoms with E-state index in [1.807, 2.05) is 0 Å². The highest BCUT2D eigenvalue weighted by Crippen LogP contribution is 2.37. The second-order valence-electron chi connectivity index (χ2n) is 6.01. The molecule has 1 unspecified atom stereocenters. The fourth-order valence-electron chi connectivity index (χ4n) is 3.24. The SMILES string of the molecule is OC(CN1CCCC1C(F)(F)F)(c1cccnc1)c1cccnc1. The molecule has 0 bridgehead atoms. The molecule has 0 radical (unpaired) electrons. The van der Waals surface area contributed by atoms with Gasteiger partial charge in [0.2, 0.25) is 0 Å². The summed E-state index contributed by atoms with van der Waals surface area (Å²) in [6.45, 7) is 0.140. The molecular formula is C17H18F3N3O. The van der Waals surface area contributed by atoms with E-state index in [-0.39, 0.29) is 13.0 Å². The van der Waals surface area contributed by atoms with E-state index in [1.54, 1.807) is 36.7 Å². The van der Waals surface area contributed by atoms with Crippen LogP contribution in [0.25, 0.3) is 0 Å². The second kappa shape index (κ2) is 6.49. The van der Waals surface area contributed by atoms with Crippen molar-refractivity contribution in [2.45, 2.75) is 30.7 Å². The van der Waals surface area contributed by atoms with E-state index < -0.39 is 17.8 Å². The number of rotatable bonds is 4. The van der Waals surface area contributed by atoms with Crippen molar-refractivity contribution in [2.24, 2.45) is 0 Å². The fourth-order valence-corrected chi connectivity index (χ4v) is 3.24. The average Bonchev–Trinajstić information content (AvgIpc) is 3.05. The molecule has 0 spiro atoms. The third-order valence-corrected chi connectivity index (χ3v) is 4.45. The van der Waals surface area contributed by atoms with Gasteiger partial charge in [-0.1, -0.05) is 12.1 Å². The van der Waals surface area contributed by atoms with E-state index in [2.05, 4.69) is 9.97 Å². The van der Waals surface area contributed by atoms with Crippen LogP contribution in [0.15, 0.2) is 49.1 Å². The summed E-state index contributed by atoms with van der Waals surface area (Å²) in [5, 5.41) is 11.3. The highest BCUT2D eigenvalue weighted by molar-refractivity contribution is 5.33. The molecule has 1 atom stereocenters. The number of likely N-dealkylation sites (tertiary alicyclic amines) is 1. The van der Waals surface area contributed by atoms with E-state index in [0.717, 1.165) is 0 Å². The first-order valence-electron chi connectivity index (χ1n) is 7.75. The monoisotopic (exact) mass is 337 g/mol. The molecule has 0 amide bonds. The smallest absolute Gasteiger partial charge is 0.379 e. The number of hydrogen-bond donors (Lipinski definition) is 1. The maximum atomic E-state index is 13.2. The Hall–Kier alpha value is -1.99. The number of aromatic nitrogens is 2. The van der Waals surface area contributed by atoms with Crippen LogP contribution in [0.1, 0.15) is 24.0 Å². The molecule has 1 aliphatic heterocycles. The van der Waals surface area contributed by atoms with Crippen LogP contribution in [-0.4, -0.2) is 45.3 Å². The first-order chi connectivity index (χ1) is 11.4. The molecule has 2 aromatic heterocycles. The Balaban J connectivity index is 1.97. The number of pyridine rings is 2. The standard InChI is InChI=1S/C17H18F3N3O/c18-17(19,20)15-6-3-9-23(15)12-16(24,13-4-1-7-21-10-13)14-5-2-8-22-11-14/h1-2,4-5,7-8,10-11,15,24H,3,6,9,12H2. The summed E-state index contributed by atoms with van der Waals surface area (Å²) in [4.78, 5) is 9.30. The van der Waals surface area contributed by atoms with Gasteiger partial charge in [0.25, 0.3) is 0 Å². The van der Waals surface area contributed by atoms with Crippen LogP contribution in [0.3, 0.4) is 0 Å². The molecule has 0 aliphatic carbocycles. The van der Waals surface area contributed by atoms with Crippen molar-refractivity contribution < 1.29 is 18.3 Å². The molecule has 1 aliphatic rings. The van der Waals surface area contributed by atoms with Gasteiger partial charge >= 0.3 is 6.18 Å². The molecule has 24 heavy (non-hydrogen) atoms. The van der Waals surface area contributed by atoms with Crippen molar-refractivity contribution in [3.63, 3.8) is 0 Å². The van der Waals surface area contributed by atoms with Crippen LogP contribution in [0, 0.1) is 0 Å². The first-order valence-corrected chi connectivity index (χ1v) is 7.75. The topological polar surface area (TPSA) is 49.2 Å². The molecule has 4 nitrogen and oxygen atoms in total. The van der Waals surface area contributed by atoms with Gasteiger partial charge in [-0.25, -0.2) is 0 Å². The number of alkyl halides is 3. The highest BCUT2D eigenvalue weighted by atomic mass is 19.4. The molecule has 1 N–H and O–H groups in total. The molecular weight excluding hydrogens is 319 g/mol. The van der Waals surface area contributed by atoms with Gasteiger partial charge in [-0.15, -0.1) is 0 Å². The van der Waals surface area contributed by atoms with Crippen molar-refractivity contribution >= 4 is 0 Å². The summed E-state index contributed by atoms with van der Waals surface area (Å²) < 4.78 is 39.7. The largest absolute Gasteiger partial charge is 0.404 e. The summed E-state index contributed by atoms with van der Waals surface area (Å²) in [5.74, 6) is 0. The molecule has 0 saturated carbocycles. The summed E-state index contributed by atoms with van der Waals surface area (Å²) in [6, 6.07) is 5.11. The van der Waals surface area contributed by atoms with Crippen LogP contribution in [0.2, 0.25) is 0 Å². The predicted octanol–water partition coefficient (Wildman–Crippen LogP) is 2.74. The molecule has 128 valence electrons. The minimum Gasteiger partial charge on any atom is -0.379 e. The van der Waals surface area contributed by atoms with Crippen LogP contribution in [-0.2, 0) is 5.60 Å². The fraction of sp³-hybridized carbons (Fsp3) is 0.412. The summed E-state index contributed by atoms with van der Waals surface area (Å²) >= 11 is 0. The van der Waals surface area contributed by atoms with Crippen molar-refractivity contribution in [3.05, 3.63) is 60.2 Å². The highest BCUT2D eigenvalue weighted by Gasteiger charge is 2.48. The molecule has 1 saturated heterocycles. The zero-order valence-electron chi connectivity index (χ0n) is 12.9. The zero-order chi connectivity index (χ0) is 17.2. The zero-order valence-corrected chi connectivity index (χ0v) is 12.9. The third-order valence-electron chi connectivity index (χ3n) is 4.45. The lowest BCUT2D eigenvalue weighted by Gasteiger charge is -2.36. The molecule has 3 rings (SSSR count). The Morgan fingerprint density at radius 1 is 1.08 bits per heavy atom. The lowest BCUT2D eigenvalue weighted by atomic mass is 9.87. The maximum Gasteiger partial charge on any atom is 0.404 e. The molecule has 3 heterocycles. The minimum atomic E-state index is -4.30. The molecule has 0 aromatic carbocycles. The summed E-state index contributed by atoms with van der Waals surface area (Å²) in [7, 11) is 0.